The first-order valence-corrected chi connectivity index (χ1v) is 20.2. The van der Waals surface area contributed by atoms with Gasteiger partial charge in [-0.05, 0) is 12.8 Å². The largest absolute Gasteiger partial charge is 0.394 e. The maximum Gasteiger partial charge on any atom is 0.220 e. The lowest BCUT2D eigenvalue weighted by atomic mass is 9.99. The molecule has 0 bridgehead atoms. The zero-order valence-electron chi connectivity index (χ0n) is 31.1. The van der Waals surface area contributed by atoms with Crippen LogP contribution in [0.4, 0.5) is 0 Å². The van der Waals surface area contributed by atoms with Crippen LogP contribution in [0.1, 0.15) is 181 Å². The molecule has 0 saturated carbocycles. The molecule has 1 fully saturated rings. The maximum atomic E-state index is 12.8. The van der Waals surface area contributed by atoms with Gasteiger partial charge in [-0.3, -0.25) is 4.79 Å². The number of amides is 1. The SMILES string of the molecule is CCCCCCCCCCCCCCCCCC(=O)N[C@H](COCCCCCCCCCCCC)CO[C@@H]1O[C@H](CO)[C@H](O)[C@H](O)[C@H]1O. The smallest absolute Gasteiger partial charge is 0.220 e. The van der Waals surface area contributed by atoms with Crippen LogP contribution in [0.5, 0.6) is 0 Å². The van der Waals surface area contributed by atoms with Crippen LogP contribution in [-0.4, -0.2) is 89.5 Å². The first kappa shape index (κ1) is 45.2. The molecule has 0 unspecified atom stereocenters. The van der Waals surface area contributed by atoms with Crippen LogP contribution in [0.3, 0.4) is 0 Å². The van der Waals surface area contributed by atoms with E-state index in [9.17, 15) is 25.2 Å². The highest BCUT2D eigenvalue weighted by atomic mass is 16.7. The number of carbonyl (C=O) groups is 1. The minimum Gasteiger partial charge on any atom is -0.394 e. The summed E-state index contributed by atoms with van der Waals surface area (Å²) >= 11 is 0. The third-order valence-corrected chi connectivity index (χ3v) is 9.64. The van der Waals surface area contributed by atoms with Crippen LogP contribution in [0.2, 0.25) is 0 Å². The van der Waals surface area contributed by atoms with E-state index in [1.807, 2.05) is 0 Å². The fourth-order valence-corrected chi connectivity index (χ4v) is 6.42. The average Bonchev–Trinajstić information content (AvgIpc) is 3.08. The highest BCUT2D eigenvalue weighted by Gasteiger charge is 2.44. The van der Waals surface area contributed by atoms with Gasteiger partial charge in [-0.2, -0.15) is 0 Å². The van der Waals surface area contributed by atoms with Crippen molar-refractivity contribution in [3.05, 3.63) is 0 Å². The Bertz CT molecular complexity index is 711. The molecule has 0 aromatic rings. The fraction of sp³-hybridized carbons (Fsp3) is 0.974. The van der Waals surface area contributed by atoms with Gasteiger partial charge in [0, 0.05) is 13.0 Å². The maximum absolute atomic E-state index is 12.8. The Hall–Kier alpha value is -0.810. The normalized spacial score (nSPS) is 21.8. The van der Waals surface area contributed by atoms with Gasteiger partial charge in [-0.1, -0.05) is 162 Å². The highest BCUT2D eigenvalue weighted by molar-refractivity contribution is 5.76. The molecule has 0 aromatic heterocycles. The van der Waals surface area contributed by atoms with Gasteiger partial charge < -0.3 is 40.0 Å². The van der Waals surface area contributed by atoms with Gasteiger partial charge >= 0.3 is 0 Å². The van der Waals surface area contributed by atoms with Crippen LogP contribution in [0.25, 0.3) is 0 Å². The second-order valence-corrected chi connectivity index (χ2v) is 14.3. The summed E-state index contributed by atoms with van der Waals surface area (Å²) in [6, 6.07) is -0.454. The molecule has 9 heteroatoms. The fourth-order valence-electron chi connectivity index (χ4n) is 6.42. The molecule has 1 saturated heterocycles. The third-order valence-electron chi connectivity index (χ3n) is 9.64. The van der Waals surface area contributed by atoms with E-state index in [4.69, 9.17) is 14.2 Å². The molecule has 1 aliphatic rings. The van der Waals surface area contributed by atoms with Gasteiger partial charge in [0.15, 0.2) is 6.29 Å². The molecule has 1 aliphatic heterocycles. The molecule has 1 amide bonds. The van der Waals surface area contributed by atoms with Gasteiger partial charge in [0.05, 0.1) is 25.9 Å². The van der Waals surface area contributed by atoms with E-state index >= 15 is 0 Å². The van der Waals surface area contributed by atoms with E-state index in [2.05, 4.69) is 19.2 Å². The Morgan fingerprint density at radius 2 is 1.04 bits per heavy atom. The number of unbranched alkanes of at least 4 members (excludes halogenated alkanes) is 23. The van der Waals surface area contributed by atoms with Crippen molar-refractivity contribution in [1.29, 1.82) is 0 Å². The van der Waals surface area contributed by atoms with Gasteiger partial charge in [0.2, 0.25) is 5.91 Å². The van der Waals surface area contributed by atoms with Crippen LogP contribution in [0, 0.1) is 0 Å². The highest BCUT2D eigenvalue weighted by Crippen LogP contribution is 2.22. The van der Waals surface area contributed by atoms with E-state index in [0.29, 0.717) is 13.0 Å². The molecule has 0 radical (unpaired) electrons. The molecule has 0 aliphatic carbocycles. The Balaban J connectivity index is 2.29. The van der Waals surface area contributed by atoms with Crippen LogP contribution >= 0.6 is 0 Å². The van der Waals surface area contributed by atoms with Crippen molar-refractivity contribution < 1.29 is 39.4 Å². The quantitative estimate of drug-likeness (QED) is 0.0439. The Labute approximate surface area is 294 Å². The summed E-state index contributed by atoms with van der Waals surface area (Å²) in [5.41, 5.74) is 0. The lowest BCUT2D eigenvalue weighted by molar-refractivity contribution is -0.302. The average molecular weight is 688 g/mol. The number of aliphatic hydroxyl groups is 4. The zero-order valence-corrected chi connectivity index (χ0v) is 31.1. The zero-order chi connectivity index (χ0) is 35.1. The predicted octanol–water partition coefficient (Wildman–Crippen LogP) is 7.49. The van der Waals surface area contributed by atoms with Crippen molar-refractivity contribution >= 4 is 5.91 Å². The first-order valence-electron chi connectivity index (χ1n) is 20.2. The first-order chi connectivity index (χ1) is 23.4. The van der Waals surface area contributed by atoms with Crippen molar-refractivity contribution in [3.63, 3.8) is 0 Å². The summed E-state index contributed by atoms with van der Waals surface area (Å²) in [6.07, 6.45) is 25.4. The minimum atomic E-state index is -1.51. The summed E-state index contributed by atoms with van der Waals surface area (Å²) in [5, 5.41) is 43.0. The van der Waals surface area contributed by atoms with Gasteiger partial charge in [-0.15, -0.1) is 0 Å². The summed E-state index contributed by atoms with van der Waals surface area (Å²) in [4.78, 5) is 12.8. The Morgan fingerprint density at radius 3 is 1.50 bits per heavy atom. The molecule has 48 heavy (non-hydrogen) atoms. The van der Waals surface area contributed by atoms with E-state index in [-0.39, 0.29) is 19.1 Å². The van der Waals surface area contributed by atoms with Crippen LogP contribution < -0.4 is 5.32 Å². The molecule has 1 heterocycles. The molecule has 5 N–H and O–H groups in total. The molecule has 0 spiro atoms. The number of hydrogen-bond acceptors (Lipinski definition) is 8. The Morgan fingerprint density at radius 1 is 0.604 bits per heavy atom. The standard InChI is InChI=1S/C39H77NO8/c1-3-5-7-9-11-13-15-16-17-18-19-20-22-24-26-28-35(42)40-33(31-46-29-27-25-23-21-14-12-10-8-6-4-2)32-47-39-38(45)37(44)36(43)34(30-41)48-39/h33-34,36-39,41,43-45H,3-32H2,1-2H3,(H,40,42)/t33-,34-,36+,37+,38-,39-/m1/s1. The number of carbonyl (C=O) groups excluding carboxylic acids is 1. The monoisotopic (exact) mass is 688 g/mol. The van der Waals surface area contributed by atoms with Crippen molar-refractivity contribution in [2.75, 3.05) is 26.4 Å². The van der Waals surface area contributed by atoms with Gasteiger partial charge in [-0.25, -0.2) is 0 Å². The second kappa shape index (κ2) is 32.1. The number of nitrogens with one attached hydrogen (secondary N) is 1. The second-order valence-electron chi connectivity index (χ2n) is 14.3. The van der Waals surface area contributed by atoms with Gasteiger partial charge in [0.25, 0.3) is 0 Å². The van der Waals surface area contributed by atoms with E-state index in [1.54, 1.807) is 0 Å². The van der Waals surface area contributed by atoms with Gasteiger partial charge in [0.1, 0.15) is 24.4 Å². The van der Waals surface area contributed by atoms with E-state index in [0.717, 1.165) is 32.1 Å². The summed E-state index contributed by atoms with van der Waals surface area (Å²) in [7, 11) is 0. The summed E-state index contributed by atoms with van der Waals surface area (Å²) < 4.78 is 17.1. The summed E-state index contributed by atoms with van der Waals surface area (Å²) in [6.45, 7) is 4.85. The lowest BCUT2D eigenvalue weighted by Crippen LogP contribution is -2.59. The number of aliphatic hydroxyl groups excluding tert-OH is 4. The molecular formula is C39H77NO8. The Kier molecular flexibility index (Phi) is 30.3. The topological polar surface area (TPSA) is 138 Å². The van der Waals surface area contributed by atoms with Crippen LogP contribution in [-0.2, 0) is 19.0 Å². The number of hydrogen-bond donors (Lipinski definition) is 5. The summed E-state index contributed by atoms with van der Waals surface area (Å²) in [5.74, 6) is -0.0605. The van der Waals surface area contributed by atoms with Crippen LogP contribution in [0.15, 0.2) is 0 Å². The van der Waals surface area contributed by atoms with Crippen molar-refractivity contribution in [3.8, 4) is 0 Å². The molecule has 1 rings (SSSR count). The molecule has 286 valence electrons. The molecular weight excluding hydrogens is 610 g/mol. The third kappa shape index (κ3) is 23.6. The van der Waals surface area contributed by atoms with Crippen molar-refractivity contribution in [2.45, 2.75) is 218 Å². The lowest BCUT2D eigenvalue weighted by Gasteiger charge is -2.40. The van der Waals surface area contributed by atoms with Crippen molar-refractivity contribution in [1.82, 2.24) is 5.32 Å². The molecule has 9 nitrogen and oxygen atoms in total. The van der Waals surface area contributed by atoms with Crippen molar-refractivity contribution in [2.24, 2.45) is 0 Å². The number of rotatable bonds is 34. The molecule has 0 aromatic carbocycles. The van der Waals surface area contributed by atoms with E-state index < -0.39 is 43.4 Å². The molecule has 6 atom stereocenters. The minimum absolute atomic E-state index is 0.00528. The number of ether oxygens (including phenoxy) is 3. The van der Waals surface area contributed by atoms with E-state index in [1.165, 1.54) is 128 Å². The predicted molar refractivity (Wildman–Crippen MR) is 194 cm³/mol.